The predicted octanol–water partition coefficient (Wildman–Crippen LogP) is 12.3. The van der Waals surface area contributed by atoms with E-state index in [1.54, 1.807) is 0 Å². The van der Waals surface area contributed by atoms with Crippen LogP contribution in [-0.2, 0) is 0 Å². The van der Waals surface area contributed by atoms with E-state index in [4.69, 9.17) is 4.98 Å². The second kappa shape index (κ2) is 11.5. The van der Waals surface area contributed by atoms with Gasteiger partial charge >= 0.3 is 0 Å². The van der Waals surface area contributed by atoms with Crippen LogP contribution in [0, 0.1) is 0 Å². The first kappa shape index (κ1) is 28.3. The van der Waals surface area contributed by atoms with Gasteiger partial charge in [0.05, 0.1) is 22.1 Å². The molecule has 0 aliphatic carbocycles. The third-order valence-electron chi connectivity index (χ3n) is 9.99. The Balaban J connectivity index is 1.07. The van der Waals surface area contributed by atoms with E-state index < -0.39 is 0 Å². The van der Waals surface area contributed by atoms with Crippen LogP contribution < -0.4 is 0 Å². The highest BCUT2D eigenvalue weighted by Gasteiger charge is 2.17. The van der Waals surface area contributed by atoms with Crippen LogP contribution in [0.4, 0.5) is 0 Å². The fourth-order valence-corrected chi connectivity index (χ4v) is 7.63. The van der Waals surface area contributed by atoms with Crippen molar-refractivity contribution in [3.8, 4) is 44.9 Å². The maximum absolute atomic E-state index is 4.94. The molecule has 0 fully saturated rings. The molecule has 3 heteroatoms. The smallest absolute Gasteiger partial charge is 0.138 e. The Morgan fingerprint density at radius 2 is 0.780 bits per heavy atom. The number of aromatic nitrogens is 3. The van der Waals surface area contributed by atoms with E-state index in [1.165, 1.54) is 54.8 Å². The molecule has 0 aliphatic rings. The summed E-state index contributed by atoms with van der Waals surface area (Å²) in [5.74, 6) is 0.899. The third kappa shape index (κ3) is 4.56. The highest BCUT2D eigenvalue weighted by Crippen LogP contribution is 2.37. The van der Waals surface area contributed by atoms with Gasteiger partial charge in [0.2, 0.25) is 0 Å². The summed E-state index contributed by atoms with van der Waals surface area (Å²) in [6, 6.07) is 65.3. The van der Waals surface area contributed by atoms with Gasteiger partial charge in [0.25, 0.3) is 0 Å². The molecule has 0 amide bonds. The van der Waals surface area contributed by atoms with Gasteiger partial charge in [-0.3, -0.25) is 4.57 Å². The SMILES string of the molecule is c1ccc(-c2ccc(-c3cccc(-c4ccnc(-n5c6ccccc6c6cc(-n7c8ccccc8c8ccccc87)ccc65)c4)c3)cc2)cc1. The molecule has 0 unspecified atom stereocenters. The van der Waals surface area contributed by atoms with Gasteiger partial charge in [0.1, 0.15) is 5.82 Å². The first-order chi connectivity index (χ1) is 24.8. The quantitative estimate of drug-likeness (QED) is 0.184. The fraction of sp³-hybridized carbons (Fsp3) is 0. The Morgan fingerprint density at radius 1 is 0.300 bits per heavy atom. The Labute approximate surface area is 290 Å². The molecule has 3 nitrogen and oxygen atoms in total. The lowest BCUT2D eigenvalue weighted by Crippen LogP contribution is -1.98. The van der Waals surface area contributed by atoms with Crippen LogP contribution in [0.5, 0.6) is 0 Å². The molecule has 50 heavy (non-hydrogen) atoms. The van der Waals surface area contributed by atoms with E-state index in [-0.39, 0.29) is 0 Å². The van der Waals surface area contributed by atoms with Crippen LogP contribution in [0.15, 0.2) is 188 Å². The van der Waals surface area contributed by atoms with Gasteiger partial charge in [-0.05, 0) is 88.0 Å². The van der Waals surface area contributed by atoms with Gasteiger partial charge in [-0.2, -0.15) is 0 Å². The van der Waals surface area contributed by atoms with Gasteiger partial charge in [-0.1, -0.05) is 127 Å². The zero-order valence-corrected chi connectivity index (χ0v) is 27.2. The normalized spacial score (nSPS) is 11.6. The molecule has 7 aromatic carbocycles. The van der Waals surface area contributed by atoms with Gasteiger partial charge in [-0.15, -0.1) is 0 Å². The second-order valence-electron chi connectivity index (χ2n) is 12.9. The highest BCUT2D eigenvalue weighted by molar-refractivity contribution is 6.12. The largest absolute Gasteiger partial charge is 0.309 e. The Kier molecular flexibility index (Phi) is 6.49. The van der Waals surface area contributed by atoms with Crippen LogP contribution in [0.1, 0.15) is 0 Å². The van der Waals surface area contributed by atoms with Crippen molar-refractivity contribution in [1.29, 1.82) is 0 Å². The minimum atomic E-state index is 0.899. The van der Waals surface area contributed by atoms with Crippen molar-refractivity contribution < 1.29 is 0 Å². The van der Waals surface area contributed by atoms with Crippen LogP contribution in [0.2, 0.25) is 0 Å². The van der Waals surface area contributed by atoms with Crippen molar-refractivity contribution >= 4 is 43.6 Å². The molecule has 10 aromatic rings. The predicted molar refractivity (Wildman–Crippen MR) is 209 cm³/mol. The van der Waals surface area contributed by atoms with E-state index in [1.807, 2.05) is 6.20 Å². The number of rotatable bonds is 5. The number of para-hydroxylation sites is 3. The molecule has 0 saturated heterocycles. The molecule has 0 spiro atoms. The van der Waals surface area contributed by atoms with E-state index in [0.29, 0.717) is 0 Å². The van der Waals surface area contributed by atoms with Gasteiger partial charge < -0.3 is 4.57 Å². The standard InChI is InChI=1S/C47H31N3/c1-2-11-32(12-3-1)33-21-23-34(24-22-33)35-13-10-14-36(29-35)37-27-28-48-47(30-37)50-45-20-9-6-17-41(45)42-31-38(25-26-46(42)50)49-43-18-7-4-15-39(43)40-16-5-8-19-44(40)49/h1-31H. The average molecular weight is 638 g/mol. The molecule has 0 atom stereocenters. The molecule has 0 radical (unpaired) electrons. The summed E-state index contributed by atoms with van der Waals surface area (Å²) in [7, 11) is 0. The molecule has 0 aliphatic heterocycles. The van der Waals surface area contributed by atoms with E-state index in [9.17, 15) is 0 Å². The minimum Gasteiger partial charge on any atom is -0.309 e. The summed E-state index contributed by atoms with van der Waals surface area (Å²) in [5, 5.41) is 4.94. The summed E-state index contributed by atoms with van der Waals surface area (Å²) in [5.41, 5.74) is 13.0. The zero-order valence-electron chi connectivity index (χ0n) is 27.2. The van der Waals surface area contributed by atoms with E-state index >= 15 is 0 Å². The van der Waals surface area contributed by atoms with Crippen LogP contribution >= 0.6 is 0 Å². The summed E-state index contributed by atoms with van der Waals surface area (Å²) >= 11 is 0. The van der Waals surface area contributed by atoms with Crippen molar-refractivity contribution in [3.05, 3.63) is 188 Å². The number of nitrogens with zero attached hydrogens (tertiary/aromatic N) is 3. The molecule has 3 heterocycles. The zero-order chi connectivity index (χ0) is 33.0. The van der Waals surface area contributed by atoms with Crippen LogP contribution in [0.25, 0.3) is 88.5 Å². The highest BCUT2D eigenvalue weighted by atomic mass is 15.1. The first-order valence-corrected chi connectivity index (χ1v) is 17.0. The Bertz CT molecular complexity index is 2800. The van der Waals surface area contributed by atoms with Gasteiger partial charge in [0, 0.05) is 33.4 Å². The molecule has 0 N–H and O–H groups in total. The topological polar surface area (TPSA) is 22.8 Å². The molecule has 3 aromatic heterocycles. The van der Waals surface area contributed by atoms with Gasteiger partial charge in [-0.25, -0.2) is 4.98 Å². The fourth-order valence-electron chi connectivity index (χ4n) is 7.63. The lowest BCUT2D eigenvalue weighted by Gasteiger charge is -2.11. The molecular weight excluding hydrogens is 607 g/mol. The Hall–Kier alpha value is -6.71. The Morgan fingerprint density at radius 3 is 1.46 bits per heavy atom. The lowest BCUT2D eigenvalue weighted by molar-refractivity contribution is 1.08. The number of benzene rings is 7. The van der Waals surface area contributed by atoms with Crippen molar-refractivity contribution in [2.24, 2.45) is 0 Å². The summed E-state index contributed by atoms with van der Waals surface area (Å²) in [6.07, 6.45) is 1.93. The van der Waals surface area contributed by atoms with Crippen molar-refractivity contribution in [2.75, 3.05) is 0 Å². The maximum Gasteiger partial charge on any atom is 0.138 e. The molecular formula is C47H31N3. The monoisotopic (exact) mass is 637 g/mol. The molecule has 0 saturated carbocycles. The third-order valence-corrected chi connectivity index (χ3v) is 9.99. The number of fused-ring (bicyclic) bond motifs is 6. The average Bonchev–Trinajstić information content (AvgIpc) is 3.71. The summed E-state index contributed by atoms with van der Waals surface area (Å²) in [6.45, 7) is 0. The number of hydrogen-bond donors (Lipinski definition) is 0. The van der Waals surface area contributed by atoms with Crippen LogP contribution in [0.3, 0.4) is 0 Å². The van der Waals surface area contributed by atoms with Crippen LogP contribution in [-0.4, -0.2) is 14.1 Å². The maximum atomic E-state index is 4.94. The van der Waals surface area contributed by atoms with E-state index in [2.05, 4.69) is 191 Å². The number of pyridine rings is 1. The molecule has 10 rings (SSSR count). The second-order valence-corrected chi connectivity index (χ2v) is 12.9. The molecule has 234 valence electrons. The number of hydrogen-bond acceptors (Lipinski definition) is 1. The summed E-state index contributed by atoms with van der Waals surface area (Å²) < 4.78 is 4.69. The first-order valence-electron chi connectivity index (χ1n) is 17.0. The van der Waals surface area contributed by atoms with E-state index in [0.717, 1.165) is 33.7 Å². The summed E-state index contributed by atoms with van der Waals surface area (Å²) in [4.78, 5) is 4.94. The minimum absolute atomic E-state index is 0.899. The van der Waals surface area contributed by atoms with Crippen molar-refractivity contribution in [1.82, 2.24) is 14.1 Å². The molecule has 0 bridgehead atoms. The van der Waals surface area contributed by atoms with Gasteiger partial charge in [0.15, 0.2) is 0 Å². The lowest BCUT2D eigenvalue weighted by atomic mass is 9.97. The van der Waals surface area contributed by atoms with Crippen molar-refractivity contribution in [2.45, 2.75) is 0 Å². The van der Waals surface area contributed by atoms with Crippen molar-refractivity contribution in [3.63, 3.8) is 0 Å².